The summed E-state index contributed by atoms with van der Waals surface area (Å²) in [6.45, 7) is 4.84. The smallest absolute Gasteiger partial charge is 0.270 e. The molecule has 98 valence electrons. The highest BCUT2D eigenvalue weighted by molar-refractivity contribution is 5.93. The highest BCUT2D eigenvalue weighted by Crippen LogP contribution is 2.19. The zero-order valence-corrected chi connectivity index (χ0v) is 11.0. The molecule has 2 rings (SSSR count). The second-order valence-electron chi connectivity index (χ2n) is 4.75. The van der Waals surface area contributed by atoms with E-state index in [0.29, 0.717) is 17.7 Å². The van der Waals surface area contributed by atoms with Gasteiger partial charge in [-0.15, -0.1) is 0 Å². The van der Waals surface area contributed by atoms with E-state index in [1.165, 1.54) is 0 Å². The summed E-state index contributed by atoms with van der Waals surface area (Å²) < 4.78 is 0. The van der Waals surface area contributed by atoms with Crippen molar-refractivity contribution in [3.05, 3.63) is 17.5 Å². The number of unbranched alkanes of at least 4 members (excludes halogenated alkanes) is 1. The van der Waals surface area contributed by atoms with Crippen LogP contribution in [0.1, 0.15) is 48.8 Å². The third kappa shape index (κ3) is 3.68. The monoisotopic (exact) mass is 248 g/mol. The largest absolute Gasteiger partial charge is 0.354 e. The Hall–Kier alpha value is -1.65. The van der Waals surface area contributed by atoms with Crippen molar-refractivity contribution in [2.75, 3.05) is 11.9 Å². The lowest BCUT2D eigenvalue weighted by atomic mass is 10.3. The molecule has 1 aliphatic rings. The van der Waals surface area contributed by atoms with E-state index in [1.807, 2.05) is 6.92 Å². The van der Waals surface area contributed by atoms with E-state index in [2.05, 4.69) is 27.5 Å². The summed E-state index contributed by atoms with van der Waals surface area (Å²) in [6, 6.07) is 2.08. The maximum absolute atomic E-state index is 11.9. The maximum atomic E-state index is 11.9. The lowest BCUT2D eigenvalue weighted by molar-refractivity contribution is 0.0946. The number of carbonyl (C=O) groups excluding carboxylic acids is 1. The highest BCUT2D eigenvalue weighted by atomic mass is 16.2. The summed E-state index contributed by atoms with van der Waals surface area (Å²) in [5.74, 6) is 0.450. The van der Waals surface area contributed by atoms with Crippen LogP contribution in [0.5, 0.6) is 0 Å². The Morgan fingerprint density at radius 1 is 1.44 bits per heavy atom. The molecule has 0 bridgehead atoms. The van der Waals surface area contributed by atoms with Crippen molar-refractivity contribution in [1.29, 1.82) is 0 Å². The first-order valence-electron chi connectivity index (χ1n) is 6.59. The lowest BCUT2D eigenvalue weighted by Crippen LogP contribution is -2.27. The molecule has 0 radical (unpaired) electrons. The molecular weight excluding hydrogens is 228 g/mol. The van der Waals surface area contributed by atoms with Crippen LogP contribution >= 0.6 is 0 Å². The van der Waals surface area contributed by atoms with Crippen LogP contribution in [0.25, 0.3) is 0 Å². The van der Waals surface area contributed by atoms with E-state index in [9.17, 15) is 4.79 Å². The number of aryl methyl sites for hydroxylation is 1. The number of amides is 1. The maximum Gasteiger partial charge on any atom is 0.270 e. The standard InChI is InChI=1S/C13H20N4O/c1-3-4-7-14-13-15-9(2)8-11(17-13)12(18)16-10-5-6-10/h8,10H,3-7H2,1-2H3,(H,16,18)(H,14,15,17). The third-order valence-corrected chi connectivity index (χ3v) is 2.81. The number of nitrogens with zero attached hydrogens (tertiary/aromatic N) is 2. The summed E-state index contributed by atoms with van der Waals surface area (Å²) in [4.78, 5) is 20.4. The molecule has 0 unspecified atom stereocenters. The van der Waals surface area contributed by atoms with E-state index in [-0.39, 0.29) is 5.91 Å². The molecule has 2 N–H and O–H groups in total. The molecule has 0 aromatic carbocycles. The van der Waals surface area contributed by atoms with Gasteiger partial charge < -0.3 is 10.6 Å². The molecule has 1 aromatic heterocycles. The molecule has 0 aliphatic heterocycles. The SMILES string of the molecule is CCCCNc1nc(C)cc(C(=O)NC2CC2)n1. The Kier molecular flexibility index (Phi) is 4.12. The molecule has 1 aromatic rings. The second kappa shape index (κ2) is 5.80. The fraction of sp³-hybridized carbons (Fsp3) is 0.615. The zero-order valence-electron chi connectivity index (χ0n) is 11.0. The number of aromatic nitrogens is 2. The number of anilines is 1. The first kappa shape index (κ1) is 12.8. The van der Waals surface area contributed by atoms with Crippen molar-refractivity contribution in [2.45, 2.75) is 45.6 Å². The van der Waals surface area contributed by atoms with Gasteiger partial charge in [-0.3, -0.25) is 4.79 Å². The number of hydrogen-bond donors (Lipinski definition) is 2. The first-order valence-corrected chi connectivity index (χ1v) is 6.59. The Morgan fingerprint density at radius 2 is 2.22 bits per heavy atom. The second-order valence-corrected chi connectivity index (χ2v) is 4.75. The molecule has 1 heterocycles. The van der Waals surface area contributed by atoms with E-state index in [1.54, 1.807) is 6.07 Å². The van der Waals surface area contributed by atoms with Gasteiger partial charge in [0.05, 0.1) is 0 Å². The van der Waals surface area contributed by atoms with Gasteiger partial charge in [0.1, 0.15) is 5.69 Å². The lowest BCUT2D eigenvalue weighted by Gasteiger charge is -2.08. The van der Waals surface area contributed by atoms with Crippen LogP contribution in [-0.4, -0.2) is 28.5 Å². The summed E-state index contributed by atoms with van der Waals surface area (Å²) in [6.07, 6.45) is 4.35. The molecule has 0 atom stereocenters. The zero-order chi connectivity index (χ0) is 13.0. The average molecular weight is 248 g/mol. The molecule has 0 spiro atoms. The summed E-state index contributed by atoms with van der Waals surface area (Å²) >= 11 is 0. The van der Waals surface area contributed by atoms with Crippen LogP contribution in [-0.2, 0) is 0 Å². The molecular formula is C13H20N4O. The summed E-state index contributed by atoms with van der Waals surface area (Å²) in [7, 11) is 0. The highest BCUT2D eigenvalue weighted by Gasteiger charge is 2.24. The van der Waals surface area contributed by atoms with E-state index >= 15 is 0 Å². The first-order chi connectivity index (χ1) is 8.69. The quantitative estimate of drug-likeness (QED) is 0.754. The average Bonchev–Trinajstić information content (AvgIpc) is 3.12. The minimum atomic E-state index is -0.0958. The topological polar surface area (TPSA) is 66.9 Å². The van der Waals surface area contributed by atoms with Crippen molar-refractivity contribution in [3.8, 4) is 0 Å². The van der Waals surface area contributed by atoms with Crippen LogP contribution in [0.15, 0.2) is 6.07 Å². The van der Waals surface area contributed by atoms with Gasteiger partial charge in [0.25, 0.3) is 5.91 Å². The van der Waals surface area contributed by atoms with Gasteiger partial charge in [-0.05, 0) is 32.3 Å². The van der Waals surface area contributed by atoms with Crippen molar-refractivity contribution in [3.63, 3.8) is 0 Å². The minimum Gasteiger partial charge on any atom is -0.354 e. The molecule has 1 saturated carbocycles. The number of hydrogen-bond acceptors (Lipinski definition) is 4. The molecule has 1 aliphatic carbocycles. The Morgan fingerprint density at radius 3 is 2.89 bits per heavy atom. The normalized spacial score (nSPS) is 14.3. The van der Waals surface area contributed by atoms with Gasteiger partial charge in [-0.1, -0.05) is 13.3 Å². The van der Waals surface area contributed by atoms with Crippen LogP contribution in [0.4, 0.5) is 5.95 Å². The fourth-order valence-electron chi connectivity index (χ4n) is 1.63. The van der Waals surface area contributed by atoms with Crippen molar-refractivity contribution in [2.24, 2.45) is 0 Å². The van der Waals surface area contributed by atoms with E-state index in [4.69, 9.17) is 0 Å². The van der Waals surface area contributed by atoms with Crippen LogP contribution in [0.2, 0.25) is 0 Å². The predicted octanol–water partition coefficient (Wildman–Crippen LogP) is 1.89. The number of rotatable bonds is 6. The van der Waals surface area contributed by atoms with Gasteiger partial charge in [0, 0.05) is 18.3 Å². The van der Waals surface area contributed by atoms with Gasteiger partial charge in [-0.2, -0.15) is 0 Å². The summed E-state index contributed by atoms with van der Waals surface area (Å²) in [5, 5.41) is 6.08. The third-order valence-electron chi connectivity index (χ3n) is 2.81. The molecule has 0 saturated heterocycles. The van der Waals surface area contributed by atoms with Crippen molar-refractivity contribution in [1.82, 2.24) is 15.3 Å². The Labute approximate surface area is 107 Å². The minimum absolute atomic E-state index is 0.0958. The Bertz CT molecular complexity index is 429. The van der Waals surface area contributed by atoms with Crippen molar-refractivity contribution >= 4 is 11.9 Å². The van der Waals surface area contributed by atoms with Gasteiger partial charge in [0.15, 0.2) is 0 Å². The van der Waals surface area contributed by atoms with Gasteiger partial charge >= 0.3 is 0 Å². The number of carbonyl (C=O) groups is 1. The summed E-state index contributed by atoms with van der Waals surface area (Å²) in [5.41, 5.74) is 1.26. The molecule has 1 fully saturated rings. The van der Waals surface area contributed by atoms with Crippen molar-refractivity contribution < 1.29 is 4.79 Å². The Balaban J connectivity index is 2.02. The number of nitrogens with one attached hydrogen (secondary N) is 2. The predicted molar refractivity (Wildman–Crippen MR) is 70.7 cm³/mol. The molecule has 5 nitrogen and oxygen atoms in total. The van der Waals surface area contributed by atoms with Crippen LogP contribution in [0, 0.1) is 6.92 Å². The van der Waals surface area contributed by atoms with Gasteiger partial charge in [-0.25, -0.2) is 9.97 Å². The van der Waals surface area contributed by atoms with Gasteiger partial charge in [0.2, 0.25) is 5.95 Å². The van der Waals surface area contributed by atoms with E-state index in [0.717, 1.165) is 37.9 Å². The fourth-order valence-corrected chi connectivity index (χ4v) is 1.63. The van der Waals surface area contributed by atoms with Crippen LogP contribution in [0.3, 0.4) is 0 Å². The molecule has 1 amide bonds. The van der Waals surface area contributed by atoms with E-state index < -0.39 is 0 Å². The molecule has 18 heavy (non-hydrogen) atoms. The molecule has 5 heteroatoms. The van der Waals surface area contributed by atoms with Crippen LogP contribution < -0.4 is 10.6 Å².